The summed E-state index contributed by atoms with van der Waals surface area (Å²) in [5.74, 6) is 0.244. The summed E-state index contributed by atoms with van der Waals surface area (Å²) in [7, 11) is 2.96. The van der Waals surface area contributed by atoms with Crippen molar-refractivity contribution in [2.24, 2.45) is 0 Å². The third-order valence-corrected chi connectivity index (χ3v) is 3.23. The van der Waals surface area contributed by atoms with E-state index in [1.165, 1.54) is 18.9 Å². The first-order valence-corrected chi connectivity index (χ1v) is 6.91. The lowest BCUT2D eigenvalue weighted by Gasteiger charge is -2.12. The van der Waals surface area contributed by atoms with Gasteiger partial charge in [0.05, 0.1) is 26.2 Å². The molecule has 0 atom stereocenters. The van der Waals surface area contributed by atoms with Crippen LogP contribution in [0.15, 0.2) is 16.9 Å². The van der Waals surface area contributed by atoms with E-state index < -0.39 is 5.97 Å². The number of nitrogens with zero attached hydrogens (tertiary/aromatic N) is 2. The summed E-state index contributed by atoms with van der Waals surface area (Å²) >= 11 is 0. The summed E-state index contributed by atoms with van der Waals surface area (Å²) in [5, 5.41) is 4.81. The zero-order valence-corrected chi connectivity index (χ0v) is 13.0. The zero-order valence-electron chi connectivity index (χ0n) is 13.0. The molecule has 0 saturated carbocycles. The molecule has 2 rings (SSSR count). The highest BCUT2D eigenvalue weighted by Gasteiger charge is 2.20. The van der Waals surface area contributed by atoms with Crippen LogP contribution in [0.4, 0.5) is 0 Å². The van der Waals surface area contributed by atoms with E-state index in [1.54, 1.807) is 26.0 Å². The van der Waals surface area contributed by atoms with E-state index in [1.807, 2.05) is 0 Å². The van der Waals surface area contributed by atoms with Crippen LogP contribution in [0.25, 0.3) is 10.8 Å². The lowest BCUT2D eigenvalue weighted by atomic mass is 10.1. The summed E-state index contributed by atoms with van der Waals surface area (Å²) < 4.78 is 16.7. The van der Waals surface area contributed by atoms with Gasteiger partial charge in [0.25, 0.3) is 5.56 Å². The summed E-state index contributed by atoms with van der Waals surface area (Å²) in [6.07, 6.45) is 0. The average Bonchev–Trinajstić information content (AvgIpc) is 2.54. The molecule has 7 heteroatoms. The fourth-order valence-corrected chi connectivity index (χ4v) is 2.18. The highest BCUT2D eigenvalue weighted by molar-refractivity contribution is 6.03. The van der Waals surface area contributed by atoms with Crippen LogP contribution in [0.3, 0.4) is 0 Å². The van der Waals surface area contributed by atoms with Gasteiger partial charge in [-0.15, -0.1) is 0 Å². The molecule has 0 amide bonds. The van der Waals surface area contributed by atoms with Gasteiger partial charge in [-0.3, -0.25) is 4.79 Å². The summed E-state index contributed by atoms with van der Waals surface area (Å²) in [4.78, 5) is 24.5. The molecule has 0 N–H and O–H groups in total. The van der Waals surface area contributed by atoms with Gasteiger partial charge >= 0.3 is 5.97 Å². The molecule has 0 aliphatic rings. The lowest BCUT2D eigenvalue weighted by molar-refractivity contribution is 0.0519. The fourth-order valence-electron chi connectivity index (χ4n) is 2.18. The second kappa shape index (κ2) is 6.46. The molecule has 1 aromatic carbocycles. The van der Waals surface area contributed by atoms with E-state index in [2.05, 4.69) is 5.10 Å². The third kappa shape index (κ3) is 2.61. The Morgan fingerprint density at radius 3 is 2.23 bits per heavy atom. The molecule has 0 unspecified atom stereocenters. The predicted molar refractivity (Wildman–Crippen MR) is 80.7 cm³/mol. The molecule has 2 aromatic rings. The third-order valence-electron chi connectivity index (χ3n) is 3.23. The number of carbonyl (C=O) groups excluding carboxylic acids is 1. The van der Waals surface area contributed by atoms with E-state index in [-0.39, 0.29) is 17.9 Å². The molecule has 0 aliphatic carbocycles. The van der Waals surface area contributed by atoms with Crippen molar-refractivity contribution in [2.45, 2.75) is 20.4 Å². The number of hydrogen-bond acceptors (Lipinski definition) is 6. The number of aromatic nitrogens is 2. The van der Waals surface area contributed by atoms with Gasteiger partial charge in [0.15, 0.2) is 17.2 Å². The summed E-state index contributed by atoms with van der Waals surface area (Å²) in [6.45, 7) is 4.05. The largest absolute Gasteiger partial charge is 0.493 e. The molecule has 7 nitrogen and oxygen atoms in total. The Balaban J connectivity index is 2.86. The van der Waals surface area contributed by atoms with Crippen molar-refractivity contribution in [1.29, 1.82) is 0 Å². The van der Waals surface area contributed by atoms with E-state index in [4.69, 9.17) is 14.2 Å². The van der Waals surface area contributed by atoms with Crippen molar-refractivity contribution < 1.29 is 19.0 Å². The van der Waals surface area contributed by atoms with Crippen LogP contribution in [0, 0.1) is 0 Å². The topological polar surface area (TPSA) is 79.7 Å². The van der Waals surface area contributed by atoms with Crippen LogP contribution >= 0.6 is 0 Å². The molecule has 0 spiro atoms. The van der Waals surface area contributed by atoms with Crippen molar-refractivity contribution in [3.63, 3.8) is 0 Å². The molecule has 0 saturated heterocycles. The predicted octanol–water partition coefficient (Wildman–Crippen LogP) is 1.61. The minimum atomic E-state index is -0.582. The Hall–Kier alpha value is -2.57. The SMILES string of the molecule is CCOC(=O)c1nn(CC)c(=O)c2cc(OC)c(OC)cc12. The molecule has 0 fully saturated rings. The first-order valence-electron chi connectivity index (χ1n) is 6.91. The molecule has 0 radical (unpaired) electrons. The van der Waals surface area contributed by atoms with Gasteiger partial charge in [-0.25, -0.2) is 9.48 Å². The normalized spacial score (nSPS) is 10.5. The Morgan fingerprint density at radius 2 is 1.73 bits per heavy atom. The van der Waals surface area contributed by atoms with Gasteiger partial charge in [0, 0.05) is 11.9 Å². The van der Waals surface area contributed by atoms with Crippen LogP contribution in [0.5, 0.6) is 11.5 Å². The number of carbonyl (C=O) groups is 1. The maximum Gasteiger partial charge on any atom is 0.359 e. The van der Waals surface area contributed by atoms with Gasteiger partial charge < -0.3 is 14.2 Å². The number of esters is 1. The fraction of sp³-hybridized carbons (Fsp3) is 0.400. The van der Waals surface area contributed by atoms with Gasteiger partial charge in [0.2, 0.25) is 0 Å². The number of benzene rings is 1. The van der Waals surface area contributed by atoms with Crippen molar-refractivity contribution in [3.05, 3.63) is 28.2 Å². The van der Waals surface area contributed by atoms with Gasteiger partial charge in [-0.1, -0.05) is 0 Å². The van der Waals surface area contributed by atoms with Crippen molar-refractivity contribution in [1.82, 2.24) is 9.78 Å². The van der Waals surface area contributed by atoms with Crippen LogP contribution in [-0.4, -0.2) is 36.6 Å². The zero-order chi connectivity index (χ0) is 16.3. The van der Waals surface area contributed by atoms with Crippen molar-refractivity contribution in [3.8, 4) is 11.5 Å². The minimum absolute atomic E-state index is 0.0826. The highest BCUT2D eigenvalue weighted by Crippen LogP contribution is 2.31. The number of fused-ring (bicyclic) bond motifs is 1. The van der Waals surface area contributed by atoms with Crippen LogP contribution in [-0.2, 0) is 11.3 Å². The number of aryl methyl sites for hydroxylation is 1. The molecular formula is C15H18N2O5. The monoisotopic (exact) mass is 306 g/mol. The molecule has 118 valence electrons. The Morgan fingerprint density at radius 1 is 1.14 bits per heavy atom. The lowest BCUT2D eigenvalue weighted by Crippen LogP contribution is -2.26. The maximum atomic E-state index is 12.4. The van der Waals surface area contributed by atoms with Gasteiger partial charge in [-0.05, 0) is 26.0 Å². The molecular weight excluding hydrogens is 288 g/mol. The van der Waals surface area contributed by atoms with Crippen molar-refractivity contribution >= 4 is 16.7 Å². The Bertz CT molecular complexity index is 767. The van der Waals surface area contributed by atoms with E-state index in [0.29, 0.717) is 28.8 Å². The average molecular weight is 306 g/mol. The molecule has 0 bridgehead atoms. The molecule has 22 heavy (non-hydrogen) atoms. The Kier molecular flexibility index (Phi) is 4.65. The van der Waals surface area contributed by atoms with Crippen LogP contribution < -0.4 is 15.0 Å². The minimum Gasteiger partial charge on any atom is -0.493 e. The Labute approximate surface area is 127 Å². The van der Waals surface area contributed by atoms with Crippen LogP contribution in [0.2, 0.25) is 0 Å². The molecule has 0 aliphatic heterocycles. The van der Waals surface area contributed by atoms with E-state index in [0.717, 1.165) is 0 Å². The number of methoxy groups -OCH3 is 2. The molecule has 1 heterocycles. The second-order valence-corrected chi connectivity index (χ2v) is 4.44. The number of rotatable bonds is 5. The summed E-state index contributed by atoms with van der Waals surface area (Å²) in [6, 6.07) is 3.11. The summed E-state index contributed by atoms with van der Waals surface area (Å²) in [5.41, 5.74) is -0.217. The van der Waals surface area contributed by atoms with Gasteiger partial charge in [-0.2, -0.15) is 5.10 Å². The van der Waals surface area contributed by atoms with E-state index in [9.17, 15) is 9.59 Å². The number of hydrogen-bond donors (Lipinski definition) is 0. The highest BCUT2D eigenvalue weighted by atomic mass is 16.5. The standard InChI is InChI=1S/C15H18N2O5/c1-5-17-14(18)10-8-12(21-4)11(20-3)7-9(10)13(16-17)15(19)22-6-2/h7-8H,5-6H2,1-4H3. The first-order chi connectivity index (χ1) is 10.6. The van der Waals surface area contributed by atoms with Crippen molar-refractivity contribution in [2.75, 3.05) is 20.8 Å². The smallest absolute Gasteiger partial charge is 0.359 e. The molecule has 1 aromatic heterocycles. The quantitative estimate of drug-likeness (QED) is 0.781. The first kappa shape index (κ1) is 15.8. The van der Waals surface area contributed by atoms with Gasteiger partial charge in [0.1, 0.15) is 0 Å². The van der Waals surface area contributed by atoms with Crippen LogP contribution in [0.1, 0.15) is 24.3 Å². The number of ether oxygens (including phenoxy) is 3. The van der Waals surface area contributed by atoms with E-state index >= 15 is 0 Å². The second-order valence-electron chi connectivity index (χ2n) is 4.44. The maximum absolute atomic E-state index is 12.4.